The number of hydrogen-bond acceptors (Lipinski definition) is 1. The van der Waals surface area contributed by atoms with Crippen molar-refractivity contribution in [2.75, 3.05) is 5.32 Å². The minimum absolute atomic E-state index is 0.00791. The lowest BCUT2D eigenvalue weighted by atomic mass is 9.82. The maximum absolute atomic E-state index is 12.0. The second kappa shape index (κ2) is 5.36. The molecule has 0 saturated carbocycles. The molecule has 2 aromatic rings. The fraction of sp³-hybridized carbons (Fsp3) is 0.235. The molecule has 0 aromatic heterocycles. The number of anilines is 1. The van der Waals surface area contributed by atoms with Gasteiger partial charge in [0.1, 0.15) is 0 Å². The molecule has 2 aromatic carbocycles. The average Bonchev–Trinajstić information content (AvgIpc) is 2.40. The Kier molecular flexibility index (Phi) is 3.68. The van der Waals surface area contributed by atoms with Crippen LogP contribution in [0.15, 0.2) is 30.3 Å². The molecule has 1 N–H and O–H groups in total. The Morgan fingerprint density at radius 1 is 1.19 bits per heavy atom. The molecule has 0 saturated heterocycles. The molecule has 0 radical (unpaired) electrons. The fourth-order valence-electron chi connectivity index (χ4n) is 3.09. The minimum Gasteiger partial charge on any atom is -0.326 e. The molecule has 0 fully saturated rings. The Labute approximate surface area is 134 Å². The summed E-state index contributed by atoms with van der Waals surface area (Å²) in [6, 6.07) is 9.71. The van der Waals surface area contributed by atoms with Crippen molar-refractivity contribution in [2.24, 2.45) is 0 Å². The van der Waals surface area contributed by atoms with E-state index in [1.807, 2.05) is 25.1 Å². The third-order valence-corrected chi connectivity index (χ3v) is 4.73. The molecule has 1 heterocycles. The van der Waals surface area contributed by atoms with Gasteiger partial charge in [0, 0.05) is 18.0 Å². The van der Waals surface area contributed by atoms with Crippen LogP contribution < -0.4 is 5.32 Å². The van der Waals surface area contributed by atoms with E-state index in [1.54, 1.807) is 6.07 Å². The van der Waals surface area contributed by atoms with Crippen molar-refractivity contribution in [2.45, 2.75) is 26.2 Å². The maximum atomic E-state index is 12.0. The monoisotopic (exact) mass is 319 g/mol. The fourth-order valence-corrected chi connectivity index (χ4v) is 3.53. The van der Waals surface area contributed by atoms with Crippen LogP contribution >= 0.6 is 23.2 Å². The highest BCUT2D eigenvalue weighted by Crippen LogP contribution is 2.43. The molecule has 0 bridgehead atoms. The molecule has 4 heteroatoms. The summed E-state index contributed by atoms with van der Waals surface area (Å²) < 4.78 is 0. The second-order valence-corrected chi connectivity index (χ2v) is 6.28. The van der Waals surface area contributed by atoms with E-state index in [-0.39, 0.29) is 11.8 Å². The van der Waals surface area contributed by atoms with Gasteiger partial charge in [0.2, 0.25) is 5.91 Å². The van der Waals surface area contributed by atoms with E-state index < -0.39 is 0 Å². The van der Waals surface area contributed by atoms with Crippen molar-refractivity contribution in [3.63, 3.8) is 0 Å². The first kappa shape index (κ1) is 14.4. The first-order valence-corrected chi connectivity index (χ1v) is 7.58. The normalized spacial score (nSPS) is 17.3. The molecule has 1 atom stereocenters. The van der Waals surface area contributed by atoms with Gasteiger partial charge in [-0.25, -0.2) is 0 Å². The molecule has 2 nitrogen and oxygen atoms in total. The minimum atomic E-state index is -0.0550. The molecule has 0 spiro atoms. The van der Waals surface area contributed by atoms with Crippen LogP contribution in [0.3, 0.4) is 0 Å². The van der Waals surface area contributed by atoms with Gasteiger partial charge in [0.15, 0.2) is 0 Å². The van der Waals surface area contributed by atoms with Gasteiger partial charge < -0.3 is 5.32 Å². The summed E-state index contributed by atoms with van der Waals surface area (Å²) >= 11 is 12.5. The molecule has 3 rings (SSSR count). The van der Waals surface area contributed by atoms with Gasteiger partial charge in [-0.2, -0.15) is 0 Å². The topological polar surface area (TPSA) is 29.1 Å². The van der Waals surface area contributed by atoms with Gasteiger partial charge in [-0.3, -0.25) is 4.79 Å². The zero-order chi connectivity index (χ0) is 15.1. The SMILES string of the molecule is Cc1cc(C)c2c(c1)NC(=O)C[C@H]2c1cccc(Cl)c1Cl. The summed E-state index contributed by atoms with van der Waals surface area (Å²) in [4.78, 5) is 12.0. The maximum Gasteiger partial charge on any atom is 0.225 e. The van der Waals surface area contributed by atoms with Crippen LogP contribution in [0, 0.1) is 13.8 Å². The number of hydrogen-bond donors (Lipinski definition) is 1. The lowest BCUT2D eigenvalue weighted by Crippen LogP contribution is -2.24. The van der Waals surface area contributed by atoms with Gasteiger partial charge in [-0.15, -0.1) is 0 Å². The van der Waals surface area contributed by atoms with Gasteiger partial charge >= 0.3 is 0 Å². The number of aryl methyl sites for hydroxylation is 2. The summed E-state index contributed by atoms with van der Waals surface area (Å²) in [6.07, 6.45) is 0.386. The Morgan fingerprint density at radius 2 is 1.95 bits per heavy atom. The van der Waals surface area contributed by atoms with E-state index in [9.17, 15) is 4.79 Å². The Balaban J connectivity index is 2.22. The summed E-state index contributed by atoms with van der Waals surface area (Å²) in [7, 11) is 0. The number of amides is 1. The van der Waals surface area contributed by atoms with E-state index in [0.717, 1.165) is 27.9 Å². The summed E-state index contributed by atoms with van der Waals surface area (Å²) in [5.74, 6) is -0.0471. The molecule has 0 unspecified atom stereocenters. The zero-order valence-electron chi connectivity index (χ0n) is 11.8. The first-order valence-electron chi connectivity index (χ1n) is 6.82. The highest BCUT2D eigenvalue weighted by Gasteiger charge is 2.29. The standard InChI is InChI=1S/C17H15Cl2NO/c1-9-6-10(2)16-12(8-15(21)20-14(16)7-9)11-4-3-5-13(18)17(11)19/h3-7,12H,8H2,1-2H3,(H,20,21)/t12-/m0/s1. The van der Waals surface area contributed by atoms with E-state index in [2.05, 4.69) is 18.3 Å². The third kappa shape index (κ3) is 2.54. The number of halogens is 2. The quantitative estimate of drug-likeness (QED) is 0.779. The van der Waals surface area contributed by atoms with E-state index in [0.29, 0.717) is 16.5 Å². The molecule has 0 aliphatic carbocycles. The van der Waals surface area contributed by atoms with Crippen molar-refractivity contribution < 1.29 is 4.79 Å². The number of nitrogens with one attached hydrogen (secondary N) is 1. The number of fused-ring (bicyclic) bond motifs is 1. The summed E-state index contributed by atoms with van der Waals surface area (Å²) in [5.41, 5.74) is 5.21. The number of benzene rings is 2. The van der Waals surface area contributed by atoms with Crippen LogP contribution in [0.2, 0.25) is 10.0 Å². The van der Waals surface area contributed by atoms with Crippen LogP contribution in [0.25, 0.3) is 0 Å². The van der Waals surface area contributed by atoms with Crippen molar-refractivity contribution in [1.82, 2.24) is 0 Å². The highest BCUT2D eigenvalue weighted by atomic mass is 35.5. The number of carbonyl (C=O) groups excluding carboxylic acids is 1. The van der Waals surface area contributed by atoms with Gasteiger partial charge in [-0.05, 0) is 48.2 Å². The van der Waals surface area contributed by atoms with Crippen molar-refractivity contribution in [3.8, 4) is 0 Å². The lowest BCUT2D eigenvalue weighted by Gasteiger charge is -2.29. The summed E-state index contributed by atoms with van der Waals surface area (Å²) in [5, 5.41) is 4.01. The van der Waals surface area contributed by atoms with Gasteiger partial charge in [-0.1, -0.05) is 41.4 Å². The van der Waals surface area contributed by atoms with Crippen LogP contribution in [-0.2, 0) is 4.79 Å². The van der Waals surface area contributed by atoms with Crippen molar-refractivity contribution in [3.05, 3.63) is 62.6 Å². The van der Waals surface area contributed by atoms with Gasteiger partial charge in [0.25, 0.3) is 0 Å². The van der Waals surface area contributed by atoms with E-state index in [4.69, 9.17) is 23.2 Å². The van der Waals surface area contributed by atoms with Crippen LogP contribution in [0.1, 0.15) is 34.6 Å². The molecule has 1 amide bonds. The van der Waals surface area contributed by atoms with Gasteiger partial charge in [0.05, 0.1) is 10.0 Å². The Hall–Kier alpha value is -1.51. The molecular formula is C17H15Cl2NO. The Bertz CT molecular complexity index is 740. The average molecular weight is 320 g/mol. The second-order valence-electron chi connectivity index (χ2n) is 5.49. The molecule has 108 valence electrons. The zero-order valence-corrected chi connectivity index (χ0v) is 13.3. The predicted octanol–water partition coefficient (Wildman–Crippen LogP) is 5.08. The van der Waals surface area contributed by atoms with Crippen LogP contribution in [0.5, 0.6) is 0 Å². The van der Waals surface area contributed by atoms with Crippen molar-refractivity contribution in [1.29, 1.82) is 0 Å². The molecular weight excluding hydrogens is 305 g/mol. The highest BCUT2D eigenvalue weighted by molar-refractivity contribution is 6.42. The predicted molar refractivity (Wildman–Crippen MR) is 87.5 cm³/mol. The van der Waals surface area contributed by atoms with E-state index in [1.165, 1.54) is 0 Å². The molecule has 21 heavy (non-hydrogen) atoms. The largest absolute Gasteiger partial charge is 0.326 e. The smallest absolute Gasteiger partial charge is 0.225 e. The number of rotatable bonds is 1. The molecule has 1 aliphatic heterocycles. The third-order valence-electron chi connectivity index (χ3n) is 3.90. The molecule has 1 aliphatic rings. The number of carbonyl (C=O) groups is 1. The Morgan fingerprint density at radius 3 is 2.71 bits per heavy atom. The van der Waals surface area contributed by atoms with Crippen LogP contribution in [0.4, 0.5) is 5.69 Å². The first-order chi connectivity index (χ1) is 9.97. The van der Waals surface area contributed by atoms with Crippen molar-refractivity contribution >= 4 is 34.8 Å². The summed E-state index contributed by atoms with van der Waals surface area (Å²) in [6.45, 7) is 4.09. The van der Waals surface area contributed by atoms with Crippen LogP contribution in [-0.4, -0.2) is 5.91 Å². The lowest BCUT2D eigenvalue weighted by molar-refractivity contribution is -0.116. The van der Waals surface area contributed by atoms with E-state index >= 15 is 0 Å².